The molecular weight excluding hydrogens is 1900 g/mol. The van der Waals surface area contributed by atoms with Crippen molar-refractivity contribution in [3.8, 4) is 73.3 Å². The second-order valence-corrected chi connectivity index (χ2v) is 38.5. The first-order chi connectivity index (χ1) is 68.2. The third kappa shape index (κ3) is 27.7. The van der Waals surface area contributed by atoms with E-state index in [9.17, 15) is 0 Å². The molecule has 17 N–H and O–H groups in total. The van der Waals surface area contributed by atoms with E-state index in [1.54, 1.807) is 6.07 Å². The molecule has 0 spiro atoms. The van der Waals surface area contributed by atoms with Crippen LogP contribution in [-0.2, 0) is 19.3 Å². The molecule has 4 atom stereocenters. The normalized spacial score (nSPS) is 14.1. The molecule has 2 saturated carbocycles. The van der Waals surface area contributed by atoms with E-state index in [1.807, 2.05) is 206 Å². The molecule has 31 heteroatoms. The molecule has 0 saturated heterocycles. The number of nitrogens with two attached hydrogens (primary N) is 6. The summed E-state index contributed by atoms with van der Waals surface area (Å²) in [6, 6.07) is 69.4. The summed E-state index contributed by atoms with van der Waals surface area (Å²) < 4.78 is 5.67. The minimum atomic E-state index is 0.208. The number of ether oxygens (including phenoxy) is 1. The SMILES string of the molecule is CCNc1cc(-c2cccc(Cl)c2C)nc(N)n1.Cc1c(Cl)cccc1-c1cc(CC2CC3CCC2C3)nc(N)n1.Cc1c(Cl)cccc1-c1cc(NC(C)C)nc(N)n1.Cc1c(Cl)cccc1-c1cc(NC(C)CC2=CCc3ccccc32)nc(N)n1.Cc1cccc(-c2cc(NCCC3=Nc4cc(Cl)ccc4C3)nc(N)n2)c1C.Cc1cccc(-c2cc(NCCOc3ccccc3Cl)nc(N)n2)c1C. The molecule has 25 nitrogen and oxygen atoms in total. The maximum absolute atomic E-state index is 6.27. The number of nitrogen functional groups attached to an aromatic ring is 6. The number of halogens is 6. The molecule has 4 unspecified atom stereocenters. The van der Waals surface area contributed by atoms with Gasteiger partial charge in [0, 0.05) is 138 Å². The van der Waals surface area contributed by atoms with Crippen LogP contribution < -0.4 is 65.7 Å². The summed E-state index contributed by atoms with van der Waals surface area (Å²) in [5, 5.41) is 20.6. The molecule has 2 bridgehead atoms. The average Bonchev–Trinajstić information content (AvgIpc) is 1.52. The molecule has 2 fully saturated rings. The molecule has 9 aromatic carbocycles. The number of allylic oxidation sites excluding steroid dienone is 1. The monoisotopic (exact) mass is 2010 g/mol. The van der Waals surface area contributed by atoms with Crippen molar-refractivity contribution in [1.82, 2.24) is 59.8 Å². The lowest BCUT2D eigenvalue weighted by atomic mass is 9.85. The second kappa shape index (κ2) is 48.6. The molecule has 3 aliphatic carbocycles. The smallest absolute Gasteiger partial charge is 0.222 e. The molecule has 0 radical (unpaired) electrons. The van der Waals surface area contributed by atoms with E-state index in [-0.39, 0.29) is 41.8 Å². The van der Waals surface area contributed by atoms with E-state index in [2.05, 4.69) is 181 Å². The van der Waals surface area contributed by atoms with Crippen molar-refractivity contribution in [3.63, 3.8) is 0 Å². The zero-order chi connectivity index (χ0) is 101. The van der Waals surface area contributed by atoms with E-state index >= 15 is 0 Å². The van der Waals surface area contributed by atoms with Gasteiger partial charge < -0.3 is 65.7 Å². The Bertz CT molecular complexity index is 7080. The highest BCUT2D eigenvalue weighted by molar-refractivity contribution is 6.33. The zero-order valence-electron chi connectivity index (χ0n) is 81.8. The van der Waals surface area contributed by atoms with E-state index in [0.717, 1.165) is 208 Å². The Kier molecular flexibility index (Phi) is 35.6. The second-order valence-electron chi connectivity index (χ2n) is 36.0. The first-order valence-electron chi connectivity index (χ1n) is 47.5. The van der Waals surface area contributed by atoms with Gasteiger partial charge in [0.15, 0.2) is 0 Å². The molecule has 1 aliphatic heterocycles. The molecule has 4 aliphatic rings. The number of aliphatic imine (C=N–C) groups is 1. The van der Waals surface area contributed by atoms with Crippen molar-refractivity contribution in [3.05, 3.63) is 315 Å². The fraction of sp³-hybridized carbons (Fsp3) is 0.270. The molecule has 0 amide bonds. The fourth-order valence-electron chi connectivity index (χ4n) is 18.0. The van der Waals surface area contributed by atoms with E-state index < -0.39 is 0 Å². The van der Waals surface area contributed by atoms with Crippen molar-refractivity contribution >= 4 is 151 Å². The number of para-hydroxylation sites is 1. The van der Waals surface area contributed by atoms with Crippen molar-refractivity contribution in [2.75, 3.05) is 87.2 Å². The van der Waals surface area contributed by atoms with Gasteiger partial charge in [-0.05, 0) is 261 Å². The highest BCUT2D eigenvalue weighted by Gasteiger charge is 2.40. The minimum absolute atomic E-state index is 0.208. The predicted molar refractivity (Wildman–Crippen MR) is 591 cm³/mol. The van der Waals surface area contributed by atoms with Crippen LogP contribution in [0.1, 0.15) is 133 Å². The van der Waals surface area contributed by atoms with E-state index in [1.165, 1.54) is 70.2 Å². The van der Waals surface area contributed by atoms with Gasteiger partial charge in [-0.1, -0.05) is 209 Å². The summed E-state index contributed by atoms with van der Waals surface area (Å²) in [7, 11) is 0. The number of hydrogen-bond donors (Lipinski definition) is 11. The molecule has 15 aromatic rings. The van der Waals surface area contributed by atoms with Gasteiger partial charge in [0.2, 0.25) is 35.7 Å². The number of aromatic nitrogens is 12. The van der Waals surface area contributed by atoms with Gasteiger partial charge in [-0.15, -0.1) is 0 Å². The van der Waals surface area contributed by atoms with Gasteiger partial charge >= 0.3 is 0 Å². The van der Waals surface area contributed by atoms with E-state index in [4.69, 9.17) is 109 Å². The van der Waals surface area contributed by atoms with Crippen LogP contribution >= 0.6 is 69.6 Å². The average molecular weight is 2020 g/mol. The molecule has 6 aromatic heterocycles. The quantitative estimate of drug-likeness (QED) is 0.0237. The van der Waals surface area contributed by atoms with Crippen LogP contribution in [0.2, 0.25) is 30.1 Å². The maximum Gasteiger partial charge on any atom is 0.222 e. The van der Waals surface area contributed by atoms with Gasteiger partial charge in [0.25, 0.3) is 0 Å². The van der Waals surface area contributed by atoms with Gasteiger partial charge in [0.05, 0.1) is 51.4 Å². The molecule has 142 heavy (non-hydrogen) atoms. The predicted octanol–water partition coefficient (Wildman–Crippen LogP) is 26.4. The number of nitrogens with one attached hydrogen (secondary N) is 5. The van der Waals surface area contributed by atoms with Gasteiger partial charge in [-0.25, -0.2) is 34.9 Å². The van der Waals surface area contributed by atoms with E-state index in [0.29, 0.717) is 45.7 Å². The first kappa shape index (κ1) is 104. The Morgan fingerprint density at radius 1 is 0.387 bits per heavy atom. The summed E-state index contributed by atoms with van der Waals surface area (Å²) in [6.07, 6.45) is 12.6. The molecule has 19 rings (SSSR count). The summed E-state index contributed by atoms with van der Waals surface area (Å²) in [5.74, 6) is 8.45. The van der Waals surface area contributed by atoms with Crippen molar-refractivity contribution in [2.45, 2.75) is 153 Å². The number of nitrogens with zero attached hydrogens (tertiary/aromatic N) is 13. The van der Waals surface area contributed by atoms with Crippen LogP contribution in [0.4, 0.5) is 70.5 Å². The first-order valence-corrected chi connectivity index (χ1v) is 49.8. The van der Waals surface area contributed by atoms with Gasteiger partial charge in [-0.3, -0.25) is 4.99 Å². The Hall–Kier alpha value is -13.8. The Morgan fingerprint density at radius 3 is 1.27 bits per heavy atom. The Morgan fingerprint density at radius 2 is 0.803 bits per heavy atom. The number of anilines is 11. The van der Waals surface area contributed by atoms with Crippen LogP contribution in [0.15, 0.2) is 223 Å². The zero-order valence-corrected chi connectivity index (χ0v) is 86.4. The lowest BCUT2D eigenvalue weighted by molar-refractivity contribution is 0.329. The number of fused-ring (bicyclic) bond motifs is 4. The van der Waals surface area contributed by atoms with Crippen molar-refractivity contribution < 1.29 is 4.74 Å². The number of aryl methyl sites for hydroxylation is 2. The summed E-state index contributed by atoms with van der Waals surface area (Å²) >= 11 is 36.9. The van der Waals surface area contributed by atoms with Crippen molar-refractivity contribution in [1.29, 1.82) is 0 Å². The molecular formula is C111H120Cl6N24O. The topological polar surface area (TPSA) is 393 Å². The minimum Gasteiger partial charge on any atom is -0.490 e. The Balaban J connectivity index is 0.000000136. The summed E-state index contributed by atoms with van der Waals surface area (Å²) in [4.78, 5) is 56.6. The standard InChI is InChI=1S/C23H23ClN4.C22H22ClN5.C20H21ClN4O.C19H22ClN3.C14H17ClN4.C13H15ClN4/c1-14(12-17-11-10-16-6-3-4-7-19(16)17)26-22-13-21(27-23(25)28-22)18-8-5-9-20(24)15(18)2;1-13-4-3-5-18(14(13)2)20-12-21(28-22(24)27-20)25-9-8-17-10-15-6-7-16(23)11-19(15)26-17;1-13-6-5-7-15(14(13)2)17-12-19(25-20(22)24-17)23-10-11-26-18-9-4-3-8-16(18)21;1-11-16(3-2-4-17(11)20)18-10-15(22-19(21)23-18)9-14-8-12-5-6-13(14)7-12;1-8(2)17-13-7-12(18-14(16)19-13)10-5-4-6-11(15)9(10)3;1-3-16-12-7-11(17-13(15)18-12)9-5-4-6-10(14)8(9)2/h3-9,11,13-14H,10,12H2,1-2H3,(H3,25,26,27,28);3-7,11-12H,8-10H2,1-2H3,(H3,24,25,27,28);3-9,12H,10-11H2,1-2H3,(H3,22,23,24,25);2-4,10,12-14H,5-9H2,1H3,(H2,21,22,23);4-8H,1-3H3,(H3,16,17,18,19);4-7H,3H2,1-2H3,(H3,15,16,17,18). The Labute approximate surface area is 861 Å². The molecule has 732 valence electrons. The number of rotatable bonds is 25. The lowest BCUT2D eigenvalue weighted by Crippen LogP contribution is -2.17. The fourth-order valence-corrected chi connectivity index (χ4v) is 19.0. The highest BCUT2D eigenvalue weighted by atomic mass is 35.5. The number of benzene rings is 9. The highest BCUT2D eigenvalue weighted by Crippen LogP contribution is 2.50. The van der Waals surface area contributed by atoms with Crippen LogP contribution in [0.3, 0.4) is 0 Å². The largest absolute Gasteiger partial charge is 0.490 e. The summed E-state index contributed by atoms with van der Waals surface area (Å²) in [6.45, 7) is 27.0. The number of hydrogen-bond acceptors (Lipinski definition) is 25. The van der Waals surface area contributed by atoms with Gasteiger partial charge in [0.1, 0.15) is 41.4 Å². The van der Waals surface area contributed by atoms with Crippen LogP contribution in [0.5, 0.6) is 5.75 Å². The van der Waals surface area contributed by atoms with Crippen LogP contribution in [0, 0.1) is 73.1 Å². The van der Waals surface area contributed by atoms with Crippen LogP contribution in [0.25, 0.3) is 73.1 Å². The maximum atomic E-state index is 6.27. The molecule has 7 heterocycles. The lowest BCUT2D eigenvalue weighted by Gasteiger charge is -2.21. The third-order valence-electron chi connectivity index (χ3n) is 25.4. The van der Waals surface area contributed by atoms with Crippen molar-refractivity contribution in [2.24, 2.45) is 22.7 Å². The third-order valence-corrected chi connectivity index (χ3v) is 27.6. The van der Waals surface area contributed by atoms with Gasteiger partial charge in [-0.2, -0.15) is 24.9 Å². The van der Waals surface area contributed by atoms with Crippen LogP contribution in [-0.4, -0.2) is 104 Å². The summed E-state index contributed by atoms with van der Waals surface area (Å²) in [5.41, 5.74) is 63.5.